The highest BCUT2D eigenvalue weighted by atomic mass is 19.1. The molecule has 3 rings (SSSR count). The average molecular weight is 371 g/mol. The largest absolute Gasteiger partial charge is 0.493 e. The first kappa shape index (κ1) is 18.4. The highest BCUT2D eigenvalue weighted by molar-refractivity contribution is 5.82. The number of nitrogens with one attached hydrogen (secondary N) is 1. The normalized spacial score (nSPS) is 11.9. The number of nitro groups is 1. The van der Waals surface area contributed by atoms with Crippen molar-refractivity contribution in [1.82, 2.24) is 4.98 Å². The molecule has 2 aromatic carbocycles. The van der Waals surface area contributed by atoms with Crippen LogP contribution in [0.5, 0.6) is 11.5 Å². The number of ether oxygens (including phenoxy) is 2. The summed E-state index contributed by atoms with van der Waals surface area (Å²) >= 11 is 0. The maximum absolute atomic E-state index is 14.4. The molecule has 3 aromatic rings. The minimum atomic E-state index is -0.451. The van der Waals surface area contributed by atoms with Crippen molar-refractivity contribution in [2.45, 2.75) is 13.0 Å². The molecule has 0 saturated heterocycles. The lowest BCUT2D eigenvalue weighted by atomic mass is 10.1. The van der Waals surface area contributed by atoms with E-state index >= 15 is 0 Å². The molecular formula is C19H18FN3O4. The second-order valence-corrected chi connectivity index (χ2v) is 5.93. The van der Waals surface area contributed by atoms with Gasteiger partial charge in [-0.25, -0.2) is 9.37 Å². The molecule has 0 aliphatic carbocycles. The van der Waals surface area contributed by atoms with Crippen LogP contribution in [0.1, 0.15) is 18.5 Å². The SMILES string of the molecule is COc1cc(F)c(C(C)Nc2ccc3cc([N+](=O)[O-])ccc3n2)cc1OC. The molecule has 7 nitrogen and oxygen atoms in total. The molecule has 0 fully saturated rings. The number of anilines is 1. The van der Waals surface area contributed by atoms with Crippen LogP contribution < -0.4 is 14.8 Å². The quantitative estimate of drug-likeness (QED) is 0.508. The van der Waals surface area contributed by atoms with Crippen LogP contribution >= 0.6 is 0 Å². The first-order chi connectivity index (χ1) is 12.9. The van der Waals surface area contributed by atoms with Gasteiger partial charge in [0.25, 0.3) is 5.69 Å². The average Bonchev–Trinajstić information content (AvgIpc) is 2.66. The third kappa shape index (κ3) is 3.74. The summed E-state index contributed by atoms with van der Waals surface area (Å²) in [5.74, 6) is 0.847. The van der Waals surface area contributed by atoms with Crippen LogP contribution in [0.2, 0.25) is 0 Å². The van der Waals surface area contributed by atoms with Crippen molar-refractivity contribution in [2.24, 2.45) is 0 Å². The molecule has 1 atom stereocenters. The number of halogens is 1. The fraction of sp³-hybridized carbons (Fsp3) is 0.211. The predicted octanol–water partition coefficient (Wildman–Crippen LogP) is 4.47. The number of aromatic nitrogens is 1. The topological polar surface area (TPSA) is 86.5 Å². The maximum atomic E-state index is 14.4. The summed E-state index contributed by atoms with van der Waals surface area (Å²) in [7, 11) is 2.93. The van der Waals surface area contributed by atoms with Gasteiger partial charge in [-0.3, -0.25) is 10.1 Å². The molecule has 0 aliphatic rings. The molecule has 0 radical (unpaired) electrons. The van der Waals surface area contributed by atoms with Crippen LogP contribution in [-0.2, 0) is 0 Å². The first-order valence-corrected chi connectivity index (χ1v) is 8.16. The van der Waals surface area contributed by atoms with Crippen molar-refractivity contribution in [3.8, 4) is 11.5 Å². The Hall–Kier alpha value is -3.42. The highest BCUT2D eigenvalue weighted by Crippen LogP contribution is 2.33. The van der Waals surface area contributed by atoms with E-state index < -0.39 is 16.8 Å². The number of rotatable bonds is 6. The number of nitrogens with zero attached hydrogens (tertiary/aromatic N) is 2. The van der Waals surface area contributed by atoms with Crippen molar-refractivity contribution in [1.29, 1.82) is 0 Å². The van der Waals surface area contributed by atoms with Crippen LogP contribution in [0.15, 0.2) is 42.5 Å². The standard InChI is InChI=1S/C19H18FN3O4/c1-11(14-9-17(26-2)18(27-3)10-15(14)20)21-19-7-4-12-8-13(23(24)25)5-6-16(12)22-19/h4-11H,1-3H3,(H,21,22). The van der Waals surface area contributed by atoms with Gasteiger partial charge in [-0.15, -0.1) is 0 Å². The summed E-state index contributed by atoms with van der Waals surface area (Å²) in [4.78, 5) is 14.8. The number of methoxy groups -OCH3 is 2. The van der Waals surface area contributed by atoms with Gasteiger partial charge >= 0.3 is 0 Å². The Kier molecular flexibility index (Phi) is 5.07. The van der Waals surface area contributed by atoms with E-state index in [9.17, 15) is 14.5 Å². The number of hydrogen-bond donors (Lipinski definition) is 1. The van der Waals surface area contributed by atoms with Gasteiger partial charge in [0.1, 0.15) is 11.6 Å². The summed E-state index contributed by atoms with van der Waals surface area (Å²) in [5.41, 5.74) is 1.01. The zero-order valence-electron chi connectivity index (χ0n) is 15.0. The molecular weight excluding hydrogens is 353 g/mol. The fourth-order valence-electron chi connectivity index (χ4n) is 2.81. The molecule has 0 bridgehead atoms. The summed E-state index contributed by atoms with van der Waals surface area (Å²) < 4.78 is 24.7. The number of pyridine rings is 1. The van der Waals surface area contributed by atoms with E-state index in [1.165, 1.54) is 32.4 Å². The molecule has 8 heteroatoms. The number of nitro benzene ring substituents is 1. The Morgan fingerprint density at radius 2 is 1.81 bits per heavy atom. The molecule has 0 saturated carbocycles. The summed E-state index contributed by atoms with van der Waals surface area (Å²) in [6, 6.07) is 10.3. The number of non-ortho nitro benzene ring substituents is 1. The number of benzene rings is 2. The first-order valence-electron chi connectivity index (χ1n) is 8.16. The molecule has 0 spiro atoms. The number of hydrogen-bond acceptors (Lipinski definition) is 6. The van der Waals surface area contributed by atoms with Gasteiger partial charge < -0.3 is 14.8 Å². The van der Waals surface area contributed by atoms with Crippen LogP contribution in [0.3, 0.4) is 0 Å². The molecule has 1 unspecified atom stereocenters. The number of fused-ring (bicyclic) bond motifs is 1. The van der Waals surface area contributed by atoms with Gasteiger partial charge in [-0.2, -0.15) is 0 Å². The second kappa shape index (κ2) is 7.45. The van der Waals surface area contributed by atoms with Crippen molar-refractivity contribution < 1.29 is 18.8 Å². The molecule has 27 heavy (non-hydrogen) atoms. The Morgan fingerprint density at radius 3 is 2.48 bits per heavy atom. The molecule has 0 aliphatic heterocycles. The van der Waals surface area contributed by atoms with E-state index in [0.29, 0.717) is 33.8 Å². The van der Waals surface area contributed by atoms with Crippen molar-refractivity contribution >= 4 is 22.4 Å². The van der Waals surface area contributed by atoms with Crippen LogP contribution in [0.4, 0.5) is 15.9 Å². The Labute approximate surface area is 154 Å². The molecule has 1 N–H and O–H groups in total. The van der Waals surface area contributed by atoms with Crippen LogP contribution in [-0.4, -0.2) is 24.1 Å². The van der Waals surface area contributed by atoms with E-state index in [0.717, 1.165) is 0 Å². The lowest BCUT2D eigenvalue weighted by molar-refractivity contribution is -0.384. The Morgan fingerprint density at radius 1 is 1.11 bits per heavy atom. The zero-order valence-corrected chi connectivity index (χ0v) is 15.0. The van der Waals surface area contributed by atoms with Crippen molar-refractivity contribution in [3.05, 3.63) is 64.0 Å². The third-order valence-corrected chi connectivity index (χ3v) is 4.22. The smallest absolute Gasteiger partial charge is 0.270 e. The van der Waals surface area contributed by atoms with Gasteiger partial charge in [-0.05, 0) is 31.2 Å². The summed E-state index contributed by atoms with van der Waals surface area (Å²) in [5, 5.41) is 14.7. The molecule has 1 aromatic heterocycles. The monoisotopic (exact) mass is 371 g/mol. The molecule has 0 amide bonds. The minimum Gasteiger partial charge on any atom is -0.493 e. The Balaban J connectivity index is 1.88. The molecule has 140 valence electrons. The second-order valence-electron chi connectivity index (χ2n) is 5.93. The van der Waals surface area contributed by atoms with Gasteiger partial charge in [0.05, 0.1) is 30.7 Å². The van der Waals surface area contributed by atoms with Crippen molar-refractivity contribution in [2.75, 3.05) is 19.5 Å². The van der Waals surface area contributed by atoms with Gasteiger partial charge in [0, 0.05) is 29.1 Å². The van der Waals surface area contributed by atoms with E-state index in [4.69, 9.17) is 9.47 Å². The van der Waals surface area contributed by atoms with E-state index in [1.54, 1.807) is 31.2 Å². The van der Waals surface area contributed by atoms with Crippen LogP contribution in [0.25, 0.3) is 10.9 Å². The summed E-state index contributed by atoms with van der Waals surface area (Å²) in [6.07, 6.45) is 0. The van der Waals surface area contributed by atoms with E-state index in [-0.39, 0.29) is 5.69 Å². The maximum Gasteiger partial charge on any atom is 0.270 e. The summed E-state index contributed by atoms with van der Waals surface area (Å²) in [6.45, 7) is 1.80. The Bertz CT molecular complexity index is 1010. The van der Waals surface area contributed by atoms with Gasteiger partial charge in [-0.1, -0.05) is 0 Å². The highest BCUT2D eigenvalue weighted by Gasteiger charge is 2.17. The molecule has 1 heterocycles. The lowest BCUT2D eigenvalue weighted by Gasteiger charge is -2.18. The van der Waals surface area contributed by atoms with E-state index in [2.05, 4.69) is 10.3 Å². The zero-order chi connectivity index (χ0) is 19.6. The predicted molar refractivity (Wildman–Crippen MR) is 99.9 cm³/mol. The lowest BCUT2D eigenvalue weighted by Crippen LogP contribution is -2.10. The van der Waals surface area contributed by atoms with Crippen molar-refractivity contribution in [3.63, 3.8) is 0 Å². The fourth-order valence-corrected chi connectivity index (χ4v) is 2.81. The van der Waals surface area contributed by atoms with E-state index in [1.807, 2.05) is 0 Å². The third-order valence-electron chi connectivity index (χ3n) is 4.22. The minimum absolute atomic E-state index is 0.00535. The van der Waals surface area contributed by atoms with Gasteiger partial charge in [0.15, 0.2) is 11.5 Å². The van der Waals surface area contributed by atoms with Crippen LogP contribution in [0, 0.1) is 15.9 Å². The van der Waals surface area contributed by atoms with Gasteiger partial charge in [0.2, 0.25) is 0 Å².